The summed E-state index contributed by atoms with van der Waals surface area (Å²) in [7, 11) is 0. The lowest BCUT2D eigenvalue weighted by Gasteiger charge is -2.14. The fraction of sp³-hybridized carbons (Fsp3) is 0.394. The second-order valence-corrected chi connectivity index (χ2v) is 9.46. The average Bonchev–Trinajstić information content (AvgIpc) is 2.99. The van der Waals surface area contributed by atoms with Crippen LogP contribution in [0.2, 0.25) is 0 Å². The summed E-state index contributed by atoms with van der Waals surface area (Å²) in [4.78, 5) is 23.3. The van der Waals surface area contributed by atoms with Gasteiger partial charge in [0.2, 0.25) is 5.91 Å². The Hall–Kier alpha value is -3.88. The van der Waals surface area contributed by atoms with Gasteiger partial charge in [-0.25, -0.2) is 0 Å². The predicted molar refractivity (Wildman–Crippen MR) is 161 cm³/mol. The molecule has 0 aliphatic heterocycles. The summed E-state index contributed by atoms with van der Waals surface area (Å²) in [6, 6.07) is 22.4. The Kier molecular flexibility index (Phi) is 15.6. The first-order chi connectivity index (χ1) is 19.9. The summed E-state index contributed by atoms with van der Waals surface area (Å²) in [5.41, 5.74) is 3.65. The van der Waals surface area contributed by atoms with Gasteiger partial charge in [-0.1, -0.05) is 49.4 Å². The summed E-state index contributed by atoms with van der Waals surface area (Å²) < 4.78 is 11.3. The van der Waals surface area contributed by atoms with E-state index in [9.17, 15) is 9.59 Å². The normalized spacial score (nSPS) is 11.0. The number of carbonyl (C=O) groups is 2. The minimum absolute atomic E-state index is 0.0798. The van der Waals surface area contributed by atoms with Crippen LogP contribution in [0.15, 0.2) is 72.8 Å². The fourth-order valence-corrected chi connectivity index (χ4v) is 4.03. The van der Waals surface area contributed by atoms with Crippen LogP contribution in [0.4, 0.5) is 0 Å². The smallest absolute Gasteiger partial charge is 0.251 e. The first kappa shape index (κ1) is 33.3. The maximum atomic E-state index is 12.5. The first-order valence-electron chi connectivity index (χ1n) is 14.2. The number of aliphatic hydroxyl groups is 2. The van der Waals surface area contributed by atoms with E-state index in [1.807, 2.05) is 61.5 Å². The Labute approximate surface area is 243 Å². The number of amides is 2. The van der Waals surface area contributed by atoms with Crippen LogP contribution < -0.4 is 20.1 Å². The number of nitrogens with one attached hydrogen (secondary N) is 2. The van der Waals surface area contributed by atoms with Crippen LogP contribution in [0, 0.1) is 0 Å². The summed E-state index contributed by atoms with van der Waals surface area (Å²) >= 11 is 0. The highest BCUT2D eigenvalue weighted by atomic mass is 16.5. The number of aliphatic hydroxyl groups excluding tert-OH is 2. The van der Waals surface area contributed by atoms with Gasteiger partial charge in [-0.15, -0.1) is 0 Å². The number of rotatable bonds is 15. The summed E-state index contributed by atoms with van der Waals surface area (Å²) in [5.74, 6) is 1.29. The van der Waals surface area contributed by atoms with Crippen molar-refractivity contribution in [3.05, 3.63) is 95.1 Å². The van der Waals surface area contributed by atoms with Crippen LogP contribution >= 0.6 is 0 Å². The second kappa shape index (κ2) is 19.2. The molecule has 41 heavy (non-hydrogen) atoms. The highest BCUT2D eigenvalue weighted by Crippen LogP contribution is 2.22. The summed E-state index contributed by atoms with van der Waals surface area (Å²) in [6.45, 7) is 7.21. The van der Waals surface area contributed by atoms with E-state index >= 15 is 0 Å². The molecule has 222 valence electrons. The van der Waals surface area contributed by atoms with E-state index in [4.69, 9.17) is 19.7 Å². The third kappa shape index (κ3) is 12.4. The molecule has 4 N–H and O–H groups in total. The molecule has 0 bridgehead atoms. The molecule has 0 aliphatic carbocycles. The lowest BCUT2D eigenvalue weighted by Crippen LogP contribution is -2.28. The van der Waals surface area contributed by atoms with Gasteiger partial charge in [-0.05, 0) is 74.1 Å². The van der Waals surface area contributed by atoms with Crippen LogP contribution in [0.5, 0.6) is 11.5 Å². The van der Waals surface area contributed by atoms with Gasteiger partial charge < -0.3 is 30.3 Å². The molecule has 0 radical (unpaired) electrons. The number of hydrogen-bond acceptors (Lipinski definition) is 6. The third-order valence-electron chi connectivity index (χ3n) is 6.09. The molecule has 0 aromatic heterocycles. The van der Waals surface area contributed by atoms with Gasteiger partial charge in [0.05, 0.1) is 25.9 Å². The van der Waals surface area contributed by atoms with Gasteiger partial charge in [0.25, 0.3) is 5.91 Å². The first-order valence-corrected chi connectivity index (χ1v) is 14.2. The van der Waals surface area contributed by atoms with E-state index in [2.05, 4.69) is 23.6 Å². The zero-order valence-electron chi connectivity index (χ0n) is 24.4. The topological polar surface area (TPSA) is 117 Å². The van der Waals surface area contributed by atoms with Crippen molar-refractivity contribution in [3.63, 3.8) is 0 Å². The van der Waals surface area contributed by atoms with Crippen molar-refractivity contribution in [2.24, 2.45) is 0 Å². The standard InChI is InChI=1S/C23H31NO4.C10H13NO2/c1-3-15-28-21-11-9-19(10-12-21)23(26)24-17-20-16-18(7-5-6-14-25)8-13-22(20)27-4-2;1-8(13)11-10(7-12)9-5-3-2-4-6-9/h8-13,16,25H,3-7,14-15,17H2,1-2H3,(H,24,26);2-6,10,12H,7H2,1H3,(H,11,13). The number of benzene rings is 3. The van der Waals surface area contributed by atoms with E-state index in [0.717, 1.165) is 48.3 Å². The Balaban J connectivity index is 0.000000377. The van der Waals surface area contributed by atoms with Crippen molar-refractivity contribution >= 4 is 11.8 Å². The van der Waals surface area contributed by atoms with Crippen LogP contribution in [0.25, 0.3) is 0 Å². The number of ether oxygens (including phenoxy) is 2. The maximum Gasteiger partial charge on any atom is 0.251 e. The Morgan fingerprint density at radius 2 is 1.63 bits per heavy atom. The quantitative estimate of drug-likeness (QED) is 0.194. The van der Waals surface area contributed by atoms with E-state index in [1.54, 1.807) is 12.1 Å². The fourth-order valence-electron chi connectivity index (χ4n) is 4.03. The van der Waals surface area contributed by atoms with Crippen LogP contribution in [0.1, 0.15) is 73.1 Å². The predicted octanol–water partition coefficient (Wildman–Crippen LogP) is 4.98. The van der Waals surface area contributed by atoms with Crippen molar-refractivity contribution in [2.75, 3.05) is 26.4 Å². The zero-order valence-corrected chi connectivity index (χ0v) is 24.4. The summed E-state index contributed by atoms with van der Waals surface area (Å²) in [6.07, 6.45) is 3.57. The Bertz CT molecular complexity index is 1170. The molecule has 3 aromatic rings. The monoisotopic (exact) mass is 564 g/mol. The molecule has 1 atom stereocenters. The number of carbonyl (C=O) groups excluding carboxylic acids is 2. The van der Waals surface area contributed by atoms with Gasteiger partial charge >= 0.3 is 0 Å². The molecule has 3 rings (SSSR count). The molecule has 0 aliphatic rings. The molecule has 0 saturated carbocycles. The zero-order chi connectivity index (χ0) is 29.9. The Morgan fingerprint density at radius 3 is 2.24 bits per heavy atom. The average molecular weight is 565 g/mol. The highest BCUT2D eigenvalue weighted by Gasteiger charge is 2.11. The highest BCUT2D eigenvalue weighted by molar-refractivity contribution is 5.94. The van der Waals surface area contributed by atoms with Crippen molar-refractivity contribution in [1.29, 1.82) is 0 Å². The van der Waals surface area contributed by atoms with Gasteiger partial charge in [0.15, 0.2) is 0 Å². The molecule has 1 unspecified atom stereocenters. The Morgan fingerprint density at radius 1 is 0.902 bits per heavy atom. The maximum absolute atomic E-state index is 12.5. The van der Waals surface area contributed by atoms with Crippen molar-refractivity contribution < 1.29 is 29.3 Å². The molecule has 2 amide bonds. The number of hydrogen-bond donors (Lipinski definition) is 4. The lowest BCUT2D eigenvalue weighted by molar-refractivity contribution is -0.120. The van der Waals surface area contributed by atoms with Gasteiger partial charge in [0, 0.05) is 31.2 Å². The van der Waals surface area contributed by atoms with Gasteiger partial charge in [-0.3, -0.25) is 9.59 Å². The summed E-state index contributed by atoms with van der Waals surface area (Å²) in [5, 5.41) is 23.6. The molecule has 8 nitrogen and oxygen atoms in total. The van der Waals surface area contributed by atoms with E-state index in [-0.39, 0.29) is 31.1 Å². The second-order valence-electron chi connectivity index (χ2n) is 9.46. The number of aryl methyl sites for hydroxylation is 1. The number of unbranched alkanes of at least 4 members (excludes halogenated alkanes) is 1. The van der Waals surface area contributed by atoms with Crippen LogP contribution in [0.3, 0.4) is 0 Å². The van der Waals surface area contributed by atoms with Crippen LogP contribution in [-0.2, 0) is 17.8 Å². The minimum Gasteiger partial charge on any atom is -0.494 e. The molecule has 0 fully saturated rings. The lowest BCUT2D eigenvalue weighted by atomic mass is 10.0. The van der Waals surface area contributed by atoms with Crippen molar-refractivity contribution in [1.82, 2.24) is 10.6 Å². The molecular formula is C33H44N2O6. The van der Waals surface area contributed by atoms with Crippen molar-refractivity contribution in [3.8, 4) is 11.5 Å². The molecular weight excluding hydrogens is 520 g/mol. The molecule has 0 heterocycles. The molecule has 8 heteroatoms. The van der Waals surface area contributed by atoms with E-state index in [0.29, 0.717) is 25.3 Å². The van der Waals surface area contributed by atoms with E-state index < -0.39 is 0 Å². The molecule has 0 saturated heterocycles. The molecule has 3 aromatic carbocycles. The minimum atomic E-state index is -0.293. The van der Waals surface area contributed by atoms with Gasteiger partial charge in [0.1, 0.15) is 11.5 Å². The SMILES string of the molecule is CC(=O)NC(CO)c1ccccc1.CCCOc1ccc(C(=O)NCc2cc(CCCCO)ccc2OCC)cc1. The van der Waals surface area contributed by atoms with E-state index in [1.165, 1.54) is 12.5 Å². The largest absolute Gasteiger partial charge is 0.494 e. The van der Waals surface area contributed by atoms with Gasteiger partial charge in [-0.2, -0.15) is 0 Å². The van der Waals surface area contributed by atoms with Crippen LogP contribution in [-0.4, -0.2) is 48.5 Å². The van der Waals surface area contributed by atoms with Crippen molar-refractivity contribution in [2.45, 2.75) is 59.0 Å². The third-order valence-corrected chi connectivity index (χ3v) is 6.09. The molecule has 0 spiro atoms.